The maximum Gasteiger partial charge on any atom is 0.229 e. The lowest BCUT2D eigenvalue weighted by Crippen LogP contribution is -2.34. The summed E-state index contributed by atoms with van der Waals surface area (Å²) in [6.07, 6.45) is 3.37. The summed E-state index contributed by atoms with van der Waals surface area (Å²) in [6.45, 7) is 1.76. The summed E-state index contributed by atoms with van der Waals surface area (Å²) in [6, 6.07) is 6.36. The molecule has 110 valence electrons. The molecule has 0 radical (unpaired) electrons. The van der Waals surface area contributed by atoms with Gasteiger partial charge in [-0.15, -0.1) is 0 Å². The van der Waals surface area contributed by atoms with Crippen molar-refractivity contribution in [1.82, 2.24) is 10.3 Å². The number of thiazole rings is 1. The first-order chi connectivity index (χ1) is 10.2. The SMILES string of the molecule is O=C(Nc1ncc(-c2cccc(F)c2)s1)C1CCNCC1. The molecule has 0 spiro atoms. The lowest BCUT2D eigenvalue weighted by molar-refractivity contribution is -0.120. The predicted octanol–water partition coefficient (Wildman–Crippen LogP) is 2.89. The number of piperidine rings is 1. The Hall–Kier alpha value is -1.79. The number of benzene rings is 1. The zero-order chi connectivity index (χ0) is 14.7. The number of carbonyl (C=O) groups excluding carboxylic acids is 1. The molecular formula is C15H16FN3OS. The smallest absolute Gasteiger partial charge is 0.229 e. The molecule has 1 fully saturated rings. The van der Waals surface area contributed by atoms with E-state index in [0.717, 1.165) is 36.4 Å². The molecule has 6 heteroatoms. The minimum Gasteiger partial charge on any atom is -0.317 e. The molecule has 0 atom stereocenters. The summed E-state index contributed by atoms with van der Waals surface area (Å²) in [5.41, 5.74) is 0.773. The van der Waals surface area contributed by atoms with Crippen LogP contribution in [0.25, 0.3) is 10.4 Å². The van der Waals surface area contributed by atoms with Crippen molar-refractivity contribution in [3.63, 3.8) is 0 Å². The van der Waals surface area contributed by atoms with Gasteiger partial charge in [-0.2, -0.15) is 0 Å². The van der Waals surface area contributed by atoms with E-state index in [1.165, 1.54) is 23.5 Å². The van der Waals surface area contributed by atoms with Crippen LogP contribution in [0.4, 0.5) is 9.52 Å². The molecule has 2 heterocycles. The van der Waals surface area contributed by atoms with E-state index in [-0.39, 0.29) is 17.6 Å². The quantitative estimate of drug-likeness (QED) is 0.917. The van der Waals surface area contributed by atoms with Crippen LogP contribution >= 0.6 is 11.3 Å². The molecule has 1 aliphatic rings. The number of aromatic nitrogens is 1. The number of anilines is 1. The van der Waals surface area contributed by atoms with Gasteiger partial charge in [0.2, 0.25) is 5.91 Å². The maximum absolute atomic E-state index is 13.2. The van der Waals surface area contributed by atoms with Crippen molar-refractivity contribution in [1.29, 1.82) is 0 Å². The molecule has 2 aromatic rings. The number of nitrogens with one attached hydrogen (secondary N) is 2. The fourth-order valence-corrected chi connectivity index (χ4v) is 3.21. The van der Waals surface area contributed by atoms with Crippen molar-refractivity contribution in [2.24, 2.45) is 5.92 Å². The molecule has 0 saturated carbocycles. The molecule has 3 rings (SSSR count). The van der Waals surface area contributed by atoms with Gasteiger partial charge in [0.25, 0.3) is 0 Å². The lowest BCUT2D eigenvalue weighted by atomic mass is 9.97. The topological polar surface area (TPSA) is 54.0 Å². The van der Waals surface area contributed by atoms with Crippen LogP contribution in [0, 0.1) is 11.7 Å². The van der Waals surface area contributed by atoms with Gasteiger partial charge in [-0.1, -0.05) is 23.5 Å². The Kier molecular flexibility index (Phi) is 4.26. The third kappa shape index (κ3) is 3.46. The second kappa shape index (κ2) is 6.32. The summed E-state index contributed by atoms with van der Waals surface area (Å²) in [7, 11) is 0. The number of nitrogens with zero attached hydrogens (tertiary/aromatic N) is 1. The Morgan fingerprint density at radius 1 is 1.38 bits per heavy atom. The average molecular weight is 305 g/mol. The molecular weight excluding hydrogens is 289 g/mol. The van der Waals surface area contributed by atoms with Gasteiger partial charge in [0.1, 0.15) is 5.82 Å². The minimum atomic E-state index is -0.277. The van der Waals surface area contributed by atoms with Crippen LogP contribution in [0.1, 0.15) is 12.8 Å². The molecule has 0 bridgehead atoms. The van der Waals surface area contributed by atoms with Crippen LogP contribution in [-0.2, 0) is 4.79 Å². The third-order valence-corrected chi connectivity index (χ3v) is 4.52. The van der Waals surface area contributed by atoms with Gasteiger partial charge in [-0.3, -0.25) is 4.79 Å². The van der Waals surface area contributed by atoms with E-state index in [1.807, 2.05) is 6.07 Å². The minimum absolute atomic E-state index is 0.0247. The molecule has 1 aromatic heterocycles. The van der Waals surface area contributed by atoms with Gasteiger partial charge in [-0.05, 0) is 43.6 Å². The first-order valence-electron chi connectivity index (χ1n) is 6.96. The molecule has 0 unspecified atom stereocenters. The van der Waals surface area contributed by atoms with Gasteiger partial charge < -0.3 is 10.6 Å². The summed E-state index contributed by atoms with van der Waals surface area (Å²) >= 11 is 1.36. The molecule has 1 saturated heterocycles. The summed E-state index contributed by atoms with van der Waals surface area (Å²) < 4.78 is 13.2. The molecule has 21 heavy (non-hydrogen) atoms. The molecule has 2 N–H and O–H groups in total. The van der Waals surface area contributed by atoms with Crippen molar-refractivity contribution in [3.8, 4) is 10.4 Å². The van der Waals surface area contributed by atoms with Crippen molar-refractivity contribution >= 4 is 22.4 Å². The van der Waals surface area contributed by atoms with Crippen LogP contribution in [-0.4, -0.2) is 24.0 Å². The second-order valence-electron chi connectivity index (χ2n) is 5.05. The summed E-state index contributed by atoms with van der Waals surface area (Å²) in [5.74, 6) is -0.203. The second-order valence-corrected chi connectivity index (χ2v) is 6.08. The first-order valence-corrected chi connectivity index (χ1v) is 7.77. The molecule has 4 nitrogen and oxygen atoms in total. The highest BCUT2D eigenvalue weighted by Crippen LogP contribution is 2.29. The monoisotopic (exact) mass is 305 g/mol. The number of amides is 1. The standard InChI is InChI=1S/C15H16FN3OS/c16-12-3-1-2-11(8-12)13-9-18-15(21-13)19-14(20)10-4-6-17-7-5-10/h1-3,8-10,17H,4-7H2,(H,18,19,20). The van der Waals surface area contributed by atoms with E-state index < -0.39 is 0 Å². The summed E-state index contributed by atoms with van der Waals surface area (Å²) in [5, 5.41) is 6.67. The highest BCUT2D eigenvalue weighted by Gasteiger charge is 2.21. The number of rotatable bonds is 3. The van der Waals surface area contributed by atoms with Crippen molar-refractivity contribution < 1.29 is 9.18 Å². The van der Waals surface area contributed by atoms with E-state index in [1.54, 1.807) is 12.3 Å². The number of carbonyl (C=O) groups is 1. The van der Waals surface area contributed by atoms with Crippen LogP contribution in [0.3, 0.4) is 0 Å². The van der Waals surface area contributed by atoms with E-state index >= 15 is 0 Å². The predicted molar refractivity (Wildman–Crippen MR) is 81.7 cm³/mol. The Labute approximate surface area is 126 Å². The Morgan fingerprint density at radius 2 is 2.19 bits per heavy atom. The van der Waals surface area contributed by atoms with Crippen LogP contribution in [0.2, 0.25) is 0 Å². The van der Waals surface area contributed by atoms with Crippen molar-refractivity contribution in [2.45, 2.75) is 12.8 Å². The highest BCUT2D eigenvalue weighted by molar-refractivity contribution is 7.19. The number of hydrogen-bond acceptors (Lipinski definition) is 4. The lowest BCUT2D eigenvalue weighted by Gasteiger charge is -2.20. The average Bonchev–Trinajstić information content (AvgIpc) is 2.97. The Morgan fingerprint density at radius 3 is 2.95 bits per heavy atom. The Bertz CT molecular complexity index is 637. The number of hydrogen-bond donors (Lipinski definition) is 2. The molecule has 1 aromatic carbocycles. The fourth-order valence-electron chi connectivity index (χ4n) is 2.40. The molecule has 1 aliphatic heterocycles. The van der Waals surface area contributed by atoms with Crippen LogP contribution in [0.5, 0.6) is 0 Å². The van der Waals surface area contributed by atoms with E-state index in [4.69, 9.17) is 0 Å². The molecule has 1 amide bonds. The van der Waals surface area contributed by atoms with Gasteiger partial charge in [-0.25, -0.2) is 9.37 Å². The fraction of sp³-hybridized carbons (Fsp3) is 0.333. The van der Waals surface area contributed by atoms with Gasteiger partial charge in [0.15, 0.2) is 5.13 Å². The normalized spacial score (nSPS) is 15.9. The van der Waals surface area contributed by atoms with Crippen LogP contribution in [0.15, 0.2) is 30.5 Å². The first kappa shape index (κ1) is 14.2. The van der Waals surface area contributed by atoms with Gasteiger partial charge in [0, 0.05) is 12.1 Å². The van der Waals surface area contributed by atoms with E-state index in [2.05, 4.69) is 15.6 Å². The van der Waals surface area contributed by atoms with E-state index in [0.29, 0.717) is 5.13 Å². The maximum atomic E-state index is 13.2. The van der Waals surface area contributed by atoms with Crippen molar-refractivity contribution in [2.75, 3.05) is 18.4 Å². The van der Waals surface area contributed by atoms with Gasteiger partial charge >= 0.3 is 0 Å². The highest BCUT2D eigenvalue weighted by atomic mass is 32.1. The van der Waals surface area contributed by atoms with Crippen LogP contribution < -0.4 is 10.6 Å². The van der Waals surface area contributed by atoms with Crippen molar-refractivity contribution in [3.05, 3.63) is 36.3 Å². The van der Waals surface area contributed by atoms with Gasteiger partial charge in [0.05, 0.1) is 4.88 Å². The number of halogens is 1. The Balaban J connectivity index is 1.69. The largest absolute Gasteiger partial charge is 0.317 e. The van der Waals surface area contributed by atoms with E-state index in [9.17, 15) is 9.18 Å². The summed E-state index contributed by atoms with van der Waals surface area (Å²) in [4.78, 5) is 17.2. The third-order valence-electron chi connectivity index (χ3n) is 3.55. The zero-order valence-electron chi connectivity index (χ0n) is 11.4. The zero-order valence-corrected chi connectivity index (χ0v) is 12.3. The molecule has 0 aliphatic carbocycles.